The van der Waals surface area contributed by atoms with E-state index in [1.165, 1.54) is 11.3 Å². The van der Waals surface area contributed by atoms with Gasteiger partial charge in [-0.25, -0.2) is 9.78 Å². The number of carbonyl (C=O) groups is 2. The van der Waals surface area contributed by atoms with E-state index in [-0.39, 0.29) is 18.9 Å². The summed E-state index contributed by atoms with van der Waals surface area (Å²) in [6.45, 7) is 1.83. The highest BCUT2D eigenvalue weighted by molar-refractivity contribution is 7.11. The number of aromatic nitrogens is 1. The van der Waals surface area contributed by atoms with E-state index in [1.807, 2.05) is 0 Å². The topological polar surface area (TPSA) is 99.5 Å². The first-order valence-corrected chi connectivity index (χ1v) is 5.49. The molecule has 1 aromatic heterocycles. The van der Waals surface area contributed by atoms with Crippen LogP contribution in [0.1, 0.15) is 21.8 Å². The van der Waals surface area contributed by atoms with Crippen molar-refractivity contribution in [3.63, 3.8) is 0 Å². The molecule has 1 amide bonds. The van der Waals surface area contributed by atoms with Gasteiger partial charge in [-0.1, -0.05) is 0 Å². The van der Waals surface area contributed by atoms with Crippen molar-refractivity contribution < 1.29 is 19.8 Å². The van der Waals surface area contributed by atoms with Crippen LogP contribution >= 0.6 is 11.3 Å². The van der Waals surface area contributed by atoms with Crippen molar-refractivity contribution in [3.05, 3.63) is 16.1 Å². The molecule has 1 atom stereocenters. The monoisotopic (exact) mass is 244 g/mol. The number of rotatable bonds is 5. The van der Waals surface area contributed by atoms with E-state index in [4.69, 9.17) is 10.2 Å². The third-order valence-corrected chi connectivity index (χ3v) is 2.87. The number of nitrogens with one attached hydrogen (secondary N) is 1. The molecule has 0 aliphatic carbocycles. The number of aryl methyl sites for hydroxylation is 1. The number of aliphatic hydroxyl groups excluding tert-OH is 1. The zero-order valence-corrected chi connectivity index (χ0v) is 9.45. The molecule has 88 valence electrons. The normalized spacial score (nSPS) is 12.1. The summed E-state index contributed by atoms with van der Waals surface area (Å²) in [4.78, 5) is 26.2. The molecule has 0 bridgehead atoms. The Labute approximate surface area is 95.9 Å². The van der Waals surface area contributed by atoms with Crippen molar-refractivity contribution in [2.45, 2.75) is 19.4 Å². The van der Waals surface area contributed by atoms with Crippen LogP contribution in [0, 0.1) is 6.92 Å². The number of hydrogen-bond acceptors (Lipinski definition) is 5. The van der Waals surface area contributed by atoms with Crippen LogP contribution in [-0.4, -0.2) is 39.7 Å². The molecule has 0 aliphatic rings. The zero-order chi connectivity index (χ0) is 12.1. The molecule has 0 saturated carbocycles. The maximum atomic E-state index is 11.5. The average Bonchev–Trinajstić information content (AvgIpc) is 2.64. The van der Waals surface area contributed by atoms with Crippen molar-refractivity contribution in [2.24, 2.45) is 0 Å². The van der Waals surface area contributed by atoms with E-state index in [2.05, 4.69) is 10.3 Å². The van der Waals surface area contributed by atoms with Crippen LogP contribution in [0.3, 0.4) is 0 Å². The van der Waals surface area contributed by atoms with Crippen LogP contribution in [0.2, 0.25) is 0 Å². The minimum atomic E-state index is -1.44. The molecule has 0 fully saturated rings. The van der Waals surface area contributed by atoms with Crippen molar-refractivity contribution in [1.82, 2.24) is 10.3 Å². The molecule has 16 heavy (non-hydrogen) atoms. The molecule has 3 N–H and O–H groups in total. The molecule has 1 heterocycles. The zero-order valence-electron chi connectivity index (χ0n) is 8.64. The van der Waals surface area contributed by atoms with E-state index in [9.17, 15) is 9.59 Å². The standard InChI is InChI=1S/C9H12N2O4S/c1-5-7(16-4-11-5)8(13)10-3-2-6(12)9(14)15/h4,6,12H,2-3H2,1H3,(H,10,13)(H,14,15). The first-order valence-electron chi connectivity index (χ1n) is 4.61. The number of aliphatic hydroxyl groups is 1. The first-order chi connectivity index (χ1) is 7.52. The molecule has 7 heteroatoms. The summed E-state index contributed by atoms with van der Waals surface area (Å²) in [7, 11) is 0. The van der Waals surface area contributed by atoms with Crippen LogP contribution < -0.4 is 5.32 Å². The lowest BCUT2D eigenvalue weighted by Crippen LogP contribution is -2.29. The van der Waals surface area contributed by atoms with Crippen molar-refractivity contribution in [3.8, 4) is 0 Å². The highest BCUT2D eigenvalue weighted by Gasteiger charge is 2.15. The number of carbonyl (C=O) groups excluding carboxylic acids is 1. The van der Waals surface area contributed by atoms with Crippen LogP contribution in [0.5, 0.6) is 0 Å². The molecule has 0 saturated heterocycles. The minimum Gasteiger partial charge on any atom is -0.479 e. The van der Waals surface area contributed by atoms with E-state index in [0.717, 1.165) is 0 Å². The van der Waals surface area contributed by atoms with Gasteiger partial charge in [0.1, 0.15) is 4.88 Å². The summed E-state index contributed by atoms with van der Waals surface area (Å²) in [5.41, 5.74) is 2.21. The molecule has 6 nitrogen and oxygen atoms in total. The second kappa shape index (κ2) is 5.57. The third kappa shape index (κ3) is 3.28. The molecular weight excluding hydrogens is 232 g/mol. The van der Waals surface area contributed by atoms with Crippen LogP contribution in [0.25, 0.3) is 0 Å². The Bertz CT molecular complexity index is 391. The Hall–Kier alpha value is -1.47. The first kappa shape index (κ1) is 12.6. The lowest BCUT2D eigenvalue weighted by molar-refractivity contribution is -0.146. The summed E-state index contributed by atoms with van der Waals surface area (Å²) >= 11 is 1.22. The van der Waals surface area contributed by atoms with E-state index in [0.29, 0.717) is 10.6 Å². The Kier molecular flexibility index (Phi) is 4.39. The second-order valence-corrected chi connectivity index (χ2v) is 4.02. The van der Waals surface area contributed by atoms with Gasteiger partial charge in [-0.3, -0.25) is 4.79 Å². The van der Waals surface area contributed by atoms with Crippen molar-refractivity contribution >= 4 is 23.2 Å². The van der Waals surface area contributed by atoms with Crippen molar-refractivity contribution in [1.29, 1.82) is 0 Å². The van der Waals surface area contributed by atoms with Gasteiger partial charge in [0, 0.05) is 13.0 Å². The smallest absolute Gasteiger partial charge is 0.332 e. The lowest BCUT2D eigenvalue weighted by atomic mass is 10.2. The van der Waals surface area contributed by atoms with E-state index in [1.54, 1.807) is 12.4 Å². The molecule has 1 unspecified atom stereocenters. The van der Waals surface area contributed by atoms with Gasteiger partial charge in [-0.2, -0.15) is 0 Å². The van der Waals surface area contributed by atoms with Gasteiger partial charge < -0.3 is 15.5 Å². The Morgan fingerprint density at radius 3 is 2.81 bits per heavy atom. The largest absolute Gasteiger partial charge is 0.479 e. The van der Waals surface area contributed by atoms with Gasteiger partial charge in [-0.15, -0.1) is 11.3 Å². The molecule has 0 aliphatic heterocycles. The average molecular weight is 244 g/mol. The Morgan fingerprint density at radius 1 is 1.62 bits per heavy atom. The fourth-order valence-electron chi connectivity index (χ4n) is 1.05. The van der Waals surface area contributed by atoms with E-state index < -0.39 is 12.1 Å². The highest BCUT2D eigenvalue weighted by atomic mass is 32.1. The maximum absolute atomic E-state index is 11.5. The van der Waals surface area contributed by atoms with E-state index >= 15 is 0 Å². The number of amides is 1. The number of nitrogens with zero attached hydrogens (tertiary/aromatic N) is 1. The number of hydrogen-bond donors (Lipinski definition) is 3. The lowest BCUT2D eigenvalue weighted by Gasteiger charge is -2.06. The number of carboxylic acids is 1. The van der Waals surface area contributed by atoms with Gasteiger partial charge in [0.2, 0.25) is 0 Å². The molecule has 0 aromatic carbocycles. The van der Waals surface area contributed by atoms with Gasteiger partial charge in [0.05, 0.1) is 11.2 Å². The molecule has 0 radical (unpaired) electrons. The van der Waals surface area contributed by atoms with Crippen LogP contribution in [0.4, 0.5) is 0 Å². The Morgan fingerprint density at radius 2 is 2.31 bits per heavy atom. The molecule has 1 aromatic rings. The van der Waals surface area contributed by atoms with Gasteiger partial charge in [-0.05, 0) is 6.92 Å². The van der Waals surface area contributed by atoms with Crippen molar-refractivity contribution in [2.75, 3.05) is 6.54 Å². The summed E-state index contributed by atoms with van der Waals surface area (Å²) in [5, 5.41) is 19.9. The van der Waals surface area contributed by atoms with Gasteiger partial charge in [0.15, 0.2) is 6.10 Å². The summed E-state index contributed by atoms with van der Waals surface area (Å²) in [6, 6.07) is 0. The number of carboxylic acid groups (broad SMARTS) is 1. The summed E-state index contributed by atoms with van der Waals surface area (Å²) in [6.07, 6.45) is -1.46. The summed E-state index contributed by atoms with van der Waals surface area (Å²) < 4.78 is 0. The third-order valence-electron chi connectivity index (χ3n) is 1.94. The predicted octanol–water partition coefficient (Wildman–Crippen LogP) is 0.0169. The number of aliphatic carboxylic acids is 1. The molecular formula is C9H12N2O4S. The minimum absolute atomic E-state index is 0.0150. The fraction of sp³-hybridized carbons (Fsp3) is 0.444. The van der Waals surface area contributed by atoms with Crippen LogP contribution in [0.15, 0.2) is 5.51 Å². The summed E-state index contributed by atoms with van der Waals surface area (Å²) in [5.74, 6) is -1.58. The van der Waals surface area contributed by atoms with Gasteiger partial charge in [0.25, 0.3) is 5.91 Å². The predicted molar refractivity (Wildman–Crippen MR) is 57.4 cm³/mol. The second-order valence-electron chi connectivity index (χ2n) is 3.17. The quantitative estimate of drug-likeness (QED) is 0.678. The van der Waals surface area contributed by atoms with Crippen LogP contribution in [-0.2, 0) is 4.79 Å². The highest BCUT2D eigenvalue weighted by Crippen LogP contribution is 2.11. The SMILES string of the molecule is Cc1ncsc1C(=O)NCCC(O)C(=O)O. The van der Waals surface area contributed by atoms with Gasteiger partial charge >= 0.3 is 5.97 Å². The Balaban J connectivity index is 2.37. The fourth-order valence-corrected chi connectivity index (χ4v) is 1.76. The maximum Gasteiger partial charge on any atom is 0.332 e. The molecule has 0 spiro atoms. The molecule has 1 rings (SSSR count). The number of thiazole rings is 1.